The first-order chi connectivity index (χ1) is 9.33. The van der Waals surface area contributed by atoms with E-state index in [-0.39, 0.29) is 6.10 Å². The van der Waals surface area contributed by atoms with Crippen LogP contribution in [-0.4, -0.2) is 18.1 Å². The molecule has 1 aliphatic heterocycles. The van der Waals surface area contributed by atoms with Gasteiger partial charge in [-0.2, -0.15) is 0 Å². The van der Waals surface area contributed by atoms with Crippen LogP contribution in [-0.2, 0) is 0 Å². The number of aromatic nitrogens is 1. The van der Waals surface area contributed by atoms with Gasteiger partial charge in [-0.25, -0.2) is 4.98 Å². The van der Waals surface area contributed by atoms with Crippen molar-refractivity contribution in [1.29, 1.82) is 0 Å². The molecule has 0 saturated carbocycles. The van der Waals surface area contributed by atoms with E-state index in [0.717, 1.165) is 25.3 Å². The van der Waals surface area contributed by atoms with Crippen LogP contribution in [0.2, 0.25) is 5.02 Å². The Morgan fingerprint density at radius 3 is 3.11 bits per heavy atom. The molecule has 0 unspecified atom stereocenters. The van der Waals surface area contributed by atoms with E-state index in [4.69, 9.17) is 20.8 Å². The molecule has 1 fully saturated rings. The lowest BCUT2D eigenvalue weighted by molar-refractivity contribution is 0.114. The Hall–Kier alpha value is -1.52. The Kier molecular flexibility index (Phi) is 3.71. The topological polar surface area (TPSA) is 47.3 Å². The highest BCUT2D eigenvalue weighted by Gasteiger charge is 2.31. The maximum absolute atomic E-state index is 6.04. The summed E-state index contributed by atoms with van der Waals surface area (Å²) in [5.41, 5.74) is 0. The van der Waals surface area contributed by atoms with Crippen LogP contribution in [0, 0.1) is 5.92 Å². The fourth-order valence-electron chi connectivity index (χ4n) is 2.35. The summed E-state index contributed by atoms with van der Waals surface area (Å²) < 4.78 is 11.5. The molecular weight excluding hydrogens is 264 g/mol. The molecule has 3 rings (SSSR count). The molecule has 0 spiro atoms. The molecule has 2 aromatic rings. The number of hydrogen-bond acceptors (Lipinski definition) is 4. The number of ether oxygens (including phenoxy) is 1. The standard InChI is InChI=1S/C14H15ClN2O2/c15-11-2-1-3-12(8-11)19-13(10-4-5-16-9-10)14-17-6-7-18-14/h1-3,6-8,10,13,16H,4-5,9H2/t10-,13+/m0/s1. The second-order valence-electron chi connectivity index (χ2n) is 4.62. The molecule has 4 nitrogen and oxygen atoms in total. The third-order valence-electron chi connectivity index (χ3n) is 3.28. The van der Waals surface area contributed by atoms with Gasteiger partial charge in [0.25, 0.3) is 0 Å². The predicted molar refractivity (Wildman–Crippen MR) is 72.3 cm³/mol. The molecule has 1 N–H and O–H groups in total. The van der Waals surface area contributed by atoms with Gasteiger partial charge in [0, 0.05) is 17.5 Å². The maximum Gasteiger partial charge on any atom is 0.235 e. The lowest BCUT2D eigenvalue weighted by Gasteiger charge is -2.21. The molecule has 19 heavy (non-hydrogen) atoms. The molecule has 1 aromatic heterocycles. The van der Waals surface area contributed by atoms with E-state index in [0.29, 0.717) is 16.8 Å². The minimum atomic E-state index is -0.177. The van der Waals surface area contributed by atoms with Gasteiger partial charge in [-0.3, -0.25) is 0 Å². The minimum absolute atomic E-state index is 0.177. The third kappa shape index (κ3) is 2.91. The molecule has 0 bridgehead atoms. The summed E-state index contributed by atoms with van der Waals surface area (Å²) in [5.74, 6) is 1.72. The van der Waals surface area contributed by atoms with E-state index in [1.165, 1.54) is 0 Å². The fourth-order valence-corrected chi connectivity index (χ4v) is 2.53. The summed E-state index contributed by atoms with van der Waals surface area (Å²) in [6.07, 6.45) is 4.09. The first-order valence-electron chi connectivity index (χ1n) is 6.35. The van der Waals surface area contributed by atoms with Crippen molar-refractivity contribution in [2.24, 2.45) is 5.92 Å². The van der Waals surface area contributed by atoms with E-state index in [2.05, 4.69) is 10.3 Å². The lowest BCUT2D eigenvalue weighted by atomic mass is 10.0. The Balaban J connectivity index is 1.83. The van der Waals surface area contributed by atoms with Crippen molar-refractivity contribution in [3.8, 4) is 5.75 Å². The fraction of sp³-hybridized carbons (Fsp3) is 0.357. The molecule has 5 heteroatoms. The molecule has 1 aromatic carbocycles. The molecule has 2 atom stereocenters. The molecule has 100 valence electrons. The van der Waals surface area contributed by atoms with Crippen molar-refractivity contribution in [2.45, 2.75) is 12.5 Å². The summed E-state index contributed by atoms with van der Waals surface area (Å²) in [4.78, 5) is 4.23. The van der Waals surface area contributed by atoms with Crippen molar-refractivity contribution in [1.82, 2.24) is 10.3 Å². The molecule has 0 aliphatic carbocycles. The van der Waals surface area contributed by atoms with Crippen LogP contribution >= 0.6 is 11.6 Å². The number of rotatable bonds is 4. The van der Waals surface area contributed by atoms with Crippen LogP contribution in [0.1, 0.15) is 18.4 Å². The van der Waals surface area contributed by atoms with Gasteiger partial charge in [-0.15, -0.1) is 0 Å². The molecule has 1 saturated heterocycles. The van der Waals surface area contributed by atoms with E-state index in [9.17, 15) is 0 Å². The van der Waals surface area contributed by atoms with Crippen LogP contribution in [0.5, 0.6) is 5.75 Å². The van der Waals surface area contributed by atoms with Gasteiger partial charge >= 0.3 is 0 Å². The van der Waals surface area contributed by atoms with Crippen LogP contribution < -0.4 is 10.1 Å². The maximum atomic E-state index is 6.04. The zero-order valence-corrected chi connectivity index (χ0v) is 11.1. The highest BCUT2D eigenvalue weighted by atomic mass is 35.5. The molecule has 0 radical (unpaired) electrons. The van der Waals surface area contributed by atoms with E-state index >= 15 is 0 Å². The zero-order chi connectivity index (χ0) is 13.1. The largest absolute Gasteiger partial charge is 0.480 e. The van der Waals surface area contributed by atoms with E-state index < -0.39 is 0 Å². The molecular formula is C14H15ClN2O2. The second kappa shape index (κ2) is 5.63. The van der Waals surface area contributed by atoms with Crippen LogP contribution in [0.3, 0.4) is 0 Å². The smallest absolute Gasteiger partial charge is 0.235 e. The summed E-state index contributed by atoms with van der Waals surface area (Å²) in [5, 5.41) is 4.00. The molecule has 2 heterocycles. The first kappa shape index (κ1) is 12.5. The Labute approximate surface area is 116 Å². The quantitative estimate of drug-likeness (QED) is 0.934. The summed E-state index contributed by atoms with van der Waals surface area (Å²) in [6.45, 7) is 1.91. The van der Waals surface area contributed by atoms with E-state index in [1.54, 1.807) is 18.5 Å². The second-order valence-corrected chi connectivity index (χ2v) is 5.06. The number of nitrogens with one attached hydrogen (secondary N) is 1. The van der Waals surface area contributed by atoms with Gasteiger partial charge in [0.15, 0.2) is 6.10 Å². The predicted octanol–water partition coefficient (Wildman–Crippen LogP) is 3.06. The van der Waals surface area contributed by atoms with Crippen LogP contribution in [0.15, 0.2) is 41.1 Å². The zero-order valence-electron chi connectivity index (χ0n) is 10.4. The number of nitrogens with zero attached hydrogens (tertiary/aromatic N) is 1. The average molecular weight is 279 g/mol. The van der Waals surface area contributed by atoms with Crippen molar-refractivity contribution in [3.05, 3.63) is 47.6 Å². The van der Waals surface area contributed by atoms with Crippen molar-refractivity contribution < 1.29 is 9.15 Å². The van der Waals surface area contributed by atoms with Gasteiger partial charge < -0.3 is 14.5 Å². The number of halogens is 1. The highest BCUT2D eigenvalue weighted by molar-refractivity contribution is 6.30. The average Bonchev–Trinajstić information content (AvgIpc) is 3.10. The van der Waals surface area contributed by atoms with Gasteiger partial charge in [-0.05, 0) is 31.2 Å². The van der Waals surface area contributed by atoms with Crippen LogP contribution in [0.4, 0.5) is 0 Å². The van der Waals surface area contributed by atoms with Crippen molar-refractivity contribution >= 4 is 11.6 Å². The monoisotopic (exact) mass is 278 g/mol. The normalized spacial score (nSPS) is 20.4. The van der Waals surface area contributed by atoms with Crippen LogP contribution in [0.25, 0.3) is 0 Å². The minimum Gasteiger partial charge on any atom is -0.480 e. The first-order valence-corrected chi connectivity index (χ1v) is 6.73. The van der Waals surface area contributed by atoms with Crippen molar-refractivity contribution in [2.75, 3.05) is 13.1 Å². The summed E-state index contributed by atoms with van der Waals surface area (Å²) in [7, 11) is 0. The van der Waals surface area contributed by atoms with Crippen molar-refractivity contribution in [3.63, 3.8) is 0 Å². The van der Waals surface area contributed by atoms with E-state index in [1.807, 2.05) is 18.2 Å². The Morgan fingerprint density at radius 2 is 2.42 bits per heavy atom. The summed E-state index contributed by atoms with van der Waals surface area (Å²) in [6, 6.07) is 7.40. The molecule has 0 amide bonds. The third-order valence-corrected chi connectivity index (χ3v) is 3.52. The Bertz CT molecular complexity index is 524. The SMILES string of the molecule is Clc1cccc(O[C@@H](c2ncco2)[C@H]2CCNC2)c1. The lowest BCUT2D eigenvalue weighted by Crippen LogP contribution is -2.21. The Morgan fingerprint density at radius 1 is 1.47 bits per heavy atom. The van der Waals surface area contributed by atoms with Gasteiger partial charge in [0.05, 0.1) is 6.20 Å². The number of benzene rings is 1. The number of hydrogen-bond donors (Lipinski definition) is 1. The number of oxazole rings is 1. The van der Waals surface area contributed by atoms with Gasteiger partial charge in [0.2, 0.25) is 5.89 Å². The van der Waals surface area contributed by atoms with Gasteiger partial charge in [0.1, 0.15) is 12.0 Å². The summed E-state index contributed by atoms with van der Waals surface area (Å²) >= 11 is 5.98. The highest BCUT2D eigenvalue weighted by Crippen LogP contribution is 2.31. The molecule has 1 aliphatic rings. The van der Waals surface area contributed by atoms with Gasteiger partial charge in [-0.1, -0.05) is 17.7 Å².